The van der Waals surface area contributed by atoms with Crippen LogP contribution in [0.25, 0.3) is 0 Å². The molecule has 0 aliphatic rings. The summed E-state index contributed by atoms with van der Waals surface area (Å²) >= 11 is 0. The van der Waals surface area contributed by atoms with Gasteiger partial charge >= 0.3 is 0 Å². The van der Waals surface area contributed by atoms with Gasteiger partial charge in [0, 0.05) is 24.2 Å². The summed E-state index contributed by atoms with van der Waals surface area (Å²) in [5.41, 5.74) is 0.469. The second-order valence-electron chi connectivity index (χ2n) is 6.38. The quantitative estimate of drug-likeness (QED) is 0.324. The van der Waals surface area contributed by atoms with Crippen molar-refractivity contribution in [3.8, 4) is 11.9 Å². The zero-order valence-electron chi connectivity index (χ0n) is 16.0. The number of nitriles is 1. The third-order valence-electron chi connectivity index (χ3n) is 4.40. The number of hydrogen-bond donors (Lipinski definition) is 1. The second kappa shape index (κ2) is 8.90. The van der Waals surface area contributed by atoms with Crippen molar-refractivity contribution in [2.24, 2.45) is 10.2 Å². The minimum atomic E-state index is -0.534. The Labute approximate surface area is 161 Å². The number of aromatic hydroxyl groups is 1. The number of rotatable bonds is 7. The molecule has 0 atom stereocenters. The standard InChI is InChI=1S/C19H21N5O4/c1-4-5-6-9-23-18(25)15(11-20)13(3)17(19(23)26)22-21-16-8-7-14(24(27)28)10-12(16)2/h7-8,10,25H,4-6,9H2,1-3H3. The van der Waals surface area contributed by atoms with Crippen molar-refractivity contribution < 1.29 is 10.0 Å². The van der Waals surface area contributed by atoms with Crippen molar-refractivity contribution in [3.63, 3.8) is 0 Å². The molecule has 0 bridgehead atoms. The molecule has 2 rings (SSSR count). The monoisotopic (exact) mass is 383 g/mol. The van der Waals surface area contributed by atoms with Crippen LogP contribution in [-0.4, -0.2) is 14.6 Å². The van der Waals surface area contributed by atoms with Crippen molar-refractivity contribution in [3.05, 3.63) is 55.4 Å². The Hall–Kier alpha value is -3.54. The number of benzene rings is 1. The number of nitrogens with zero attached hydrogens (tertiary/aromatic N) is 5. The van der Waals surface area contributed by atoms with Crippen LogP contribution in [0.2, 0.25) is 0 Å². The van der Waals surface area contributed by atoms with Crippen LogP contribution in [0.15, 0.2) is 33.2 Å². The number of nitro benzene ring substituents is 1. The van der Waals surface area contributed by atoms with E-state index in [1.807, 2.05) is 13.0 Å². The summed E-state index contributed by atoms with van der Waals surface area (Å²) in [4.78, 5) is 23.1. The van der Waals surface area contributed by atoms with E-state index in [4.69, 9.17) is 0 Å². The number of aromatic nitrogens is 1. The smallest absolute Gasteiger partial charge is 0.281 e. The molecule has 0 aliphatic carbocycles. The highest BCUT2D eigenvalue weighted by Gasteiger charge is 2.19. The molecule has 0 aliphatic heterocycles. The summed E-state index contributed by atoms with van der Waals surface area (Å²) in [6.45, 7) is 5.46. The van der Waals surface area contributed by atoms with E-state index in [2.05, 4.69) is 10.2 Å². The first-order valence-electron chi connectivity index (χ1n) is 8.85. The second-order valence-corrected chi connectivity index (χ2v) is 6.38. The molecule has 0 spiro atoms. The number of non-ortho nitro benzene ring substituents is 1. The Balaban J connectivity index is 2.52. The molecule has 0 saturated carbocycles. The van der Waals surface area contributed by atoms with Crippen LogP contribution in [0.5, 0.6) is 5.88 Å². The Kier molecular flexibility index (Phi) is 6.60. The summed E-state index contributed by atoms with van der Waals surface area (Å²) in [5.74, 6) is -0.369. The number of pyridine rings is 1. The third-order valence-corrected chi connectivity index (χ3v) is 4.40. The largest absolute Gasteiger partial charge is 0.493 e. The summed E-state index contributed by atoms with van der Waals surface area (Å²) in [6.07, 6.45) is 2.49. The van der Waals surface area contributed by atoms with Crippen molar-refractivity contribution in [1.29, 1.82) is 5.26 Å². The zero-order chi connectivity index (χ0) is 20.8. The maximum Gasteiger partial charge on any atom is 0.281 e. The molecule has 2 aromatic rings. The first-order chi connectivity index (χ1) is 13.3. The molecule has 0 unspecified atom stereocenters. The highest BCUT2D eigenvalue weighted by Crippen LogP contribution is 2.29. The maximum atomic E-state index is 12.8. The van der Waals surface area contributed by atoms with E-state index in [1.54, 1.807) is 6.92 Å². The van der Waals surface area contributed by atoms with Gasteiger partial charge in [-0.3, -0.25) is 19.5 Å². The number of azo groups is 1. The predicted octanol–water partition coefficient (Wildman–Crippen LogP) is 4.56. The van der Waals surface area contributed by atoms with Gasteiger partial charge in [-0.25, -0.2) is 0 Å². The average molecular weight is 383 g/mol. The van der Waals surface area contributed by atoms with Gasteiger partial charge in [-0.1, -0.05) is 19.8 Å². The van der Waals surface area contributed by atoms with Crippen molar-refractivity contribution >= 4 is 17.1 Å². The fraction of sp³-hybridized carbons (Fsp3) is 0.368. The van der Waals surface area contributed by atoms with E-state index in [0.29, 0.717) is 17.7 Å². The number of aryl methyl sites for hydroxylation is 1. The minimum Gasteiger partial charge on any atom is -0.493 e. The first-order valence-corrected chi connectivity index (χ1v) is 8.85. The fourth-order valence-electron chi connectivity index (χ4n) is 2.75. The Morgan fingerprint density at radius 1 is 1.29 bits per heavy atom. The van der Waals surface area contributed by atoms with Crippen LogP contribution in [0, 0.1) is 35.3 Å². The lowest BCUT2D eigenvalue weighted by molar-refractivity contribution is -0.384. The topological polar surface area (TPSA) is 134 Å². The van der Waals surface area contributed by atoms with Crippen molar-refractivity contribution in [2.75, 3.05) is 0 Å². The van der Waals surface area contributed by atoms with Crippen LogP contribution < -0.4 is 5.56 Å². The van der Waals surface area contributed by atoms with Gasteiger partial charge in [0.2, 0.25) is 5.88 Å². The van der Waals surface area contributed by atoms with Gasteiger partial charge in [0.15, 0.2) is 5.69 Å². The normalized spacial score (nSPS) is 10.9. The Bertz CT molecular complexity index is 1030. The van der Waals surface area contributed by atoms with Crippen LogP contribution >= 0.6 is 0 Å². The molecular formula is C19H21N5O4. The molecule has 1 N–H and O–H groups in total. The molecule has 0 saturated heterocycles. The Morgan fingerprint density at radius 3 is 2.57 bits per heavy atom. The molecule has 9 nitrogen and oxygen atoms in total. The van der Waals surface area contributed by atoms with E-state index < -0.39 is 10.5 Å². The molecule has 1 aromatic heterocycles. The summed E-state index contributed by atoms with van der Waals surface area (Å²) in [5, 5.41) is 38.5. The van der Waals surface area contributed by atoms with E-state index in [-0.39, 0.29) is 34.9 Å². The van der Waals surface area contributed by atoms with Gasteiger partial charge in [0.05, 0.1) is 10.6 Å². The SMILES string of the molecule is CCCCCn1c(O)c(C#N)c(C)c(N=Nc2ccc([N+](=O)[O-])cc2C)c1=O. The number of hydrogen-bond acceptors (Lipinski definition) is 7. The lowest BCUT2D eigenvalue weighted by Crippen LogP contribution is -2.22. The molecule has 0 amide bonds. The van der Waals surface area contributed by atoms with E-state index in [1.165, 1.54) is 25.1 Å². The molecule has 1 aromatic carbocycles. The average Bonchev–Trinajstić information content (AvgIpc) is 2.65. The molecule has 28 heavy (non-hydrogen) atoms. The van der Waals surface area contributed by atoms with Crippen molar-refractivity contribution in [2.45, 2.75) is 46.6 Å². The fourth-order valence-corrected chi connectivity index (χ4v) is 2.75. The van der Waals surface area contributed by atoms with Gasteiger partial charge in [0.25, 0.3) is 11.2 Å². The third kappa shape index (κ3) is 4.23. The molecule has 0 radical (unpaired) electrons. The Morgan fingerprint density at radius 2 is 2.00 bits per heavy atom. The summed E-state index contributed by atoms with van der Waals surface area (Å²) in [7, 11) is 0. The van der Waals surface area contributed by atoms with E-state index >= 15 is 0 Å². The van der Waals surface area contributed by atoms with E-state index in [9.17, 15) is 25.3 Å². The van der Waals surface area contributed by atoms with Gasteiger partial charge in [0.1, 0.15) is 11.6 Å². The summed E-state index contributed by atoms with van der Waals surface area (Å²) in [6, 6.07) is 6.01. The van der Waals surface area contributed by atoms with Crippen LogP contribution in [0.3, 0.4) is 0 Å². The summed E-state index contributed by atoms with van der Waals surface area (Å²) < 4.78 is 1.14. The maximum absolute atomic E-state index is 12.8. The lowest BCUT2D eigenvalue weighted by Gasteiger charge is -2.12. The van der Waals surface area contributed by atoms with Crippen LogP contribution in [0.4, 0.5) is 17.1 Å². The zero-order valence-corrected chi connectivity index (χ0v) is 16.0. The van der Waals surface area contributed by atoms with Gasteiger partial charge in [-0.15, -0.1) is 5.11 Å². The highest BCUT2D eigenvalue weighted by atomic mass is 16.6. The number of nitro groups is 1. The van der Waals surface area contributed by atoms with Crippen LogP contribution in [-0.2, 0) is 6.54 Å². The minimum absolute atomic E-state index is 0.0227. The molecular weight excluding hydrogens is 362 g/mol. The van der Waals surface area contributed by atoms with E-state index in [0.717, 1.165) is 17.4 Å². The van der Waals surface area contributed by atoms with Crippen LogP contribution in [0.1, 0.15) is 42.9 Å². The number of unbranched alkanes of at least 4 members (excludes halogenated alkanes) is 2. The van der Waals surface area contributed by atoms with Gasteiger partial charge in [-0.2, -0.15) is 10.4 Å². The van der Waals surface area contributed by atoms with Crippen molar-refractivity contribution in [1.82, 2.24) is 4.57 Å². The molecule has 0 fully saturated rings. The highest BCUT2D eigenvalue weighted by molar-refractivity contribution is 5.57. The first kappa shape index (κ1) is 20.8. The lowest BCUT2D eigenvalue weighted by atomic mass is 10.1. The predicted molar refractivity (Wildman–Crippen MR) is 103 cm³/mol. The van der Waals surface area contributed by atoms with Gasteiger partial charge < -0.3 is 5.11 Å². The molecule has 146 valence electrons. The molecule has 9 heteroatoms. The van der Waals surface area contributed by atoms with Gasteiger partial charge in [-0.05, 0) is 31.9 Å². The molecule has 1 heterocycles.